The number of sulfonamides is 1. The molecule has 8 heteroatoms. The molecule has 1 aromatic heterocycles. The van der Waals surface area contributed by atoms with E-state index in [0.29, 0.717) is 5.56 Å². The van der Waals surface area contributed by atoms with Crippen LogP contribution in [0.4, 0.5) is 14.5 Å². The highest BCUT2D eigenvalue weighted by atomic mass is 32.2. The van der Waals surface area contributed by atoms with Crippen LogP contribution in [0, 0.1) is 11.6 Å². The van der Waals surface area contributed by atoms with Crippen LogP contribution in [0.2, 0.25) is 0 Å². The SMILES string of the molecule is Nc1c(F)ccc(S(=O)(=O)NCc2ccoc2)c1F. The van der Waals surface area contributed by atoms with Crippen LogP contribution in [-0.2, 0) is 16.6 Å². The van der Waals surface area contributed by atoms with Crippen LogP contribution in [0.5, 0.6) is 0 Å². The fraction of sp³-hybridized carbons (Fsp3) is 0.0909. The Balaban J connectivity index is 2.27. The van der Waals surface area contributed by atoms with Crippen molar-refractivity contribution in [1.29, 1.82) is 0 Å². The van der Waals surface area contributed by atoms with E-state index in [1.54, 1.807) is 6.07 Å². The quantitative estimate of drug-likeness (QED) is 0.837. The summed E-state index contributed by atoms with van der Waals surface area (Å²) in [5.41, 5.74) is 4.85. The van der Waals surface area contributed by atoms with Crippen molar-refractivity contribution < 1.29 is 21.6 Å². The molecule has 1 heterocycles. The highest BCUT2D eigenvalue weighted by Crippen LogP contribution is 2.22. The zero-order valence-electron chi connectivity index (χ0n) is 9.56. The van der Waals surface area contributed by atoms with Gasteiger partial charge in [-0.25, -0.2) is 21.9 Å². The summed E-state index contributed by atoms with van der Waals surface area (Å²) in [4.78, 5) is -0.699. The second-order valence-corrected chi connectivity index (χ2v) is 5.46. The summed E-state index contributed by atoms with van der Waals surface area (Å²) in [5.74, 6) is -2.31. The number of nitrogens with one attached hydrogen (secondary N) is 1. The fourth-order valence-electron chi connectivity index (χ4n) is 1.41. The average Bonchev–Trinajstić information content (AvgIpc) is 2.86. The van der Waals surface area contributed by atoms with Crippen LogP contribution in [0.3, 0.4) is 0 Å². The lowest BCUT2D eigenvalue weighted by Gasteiger charge is -2.08. The molecule has 0 radical (unpaired) electrons. The van der Waals surface area contributed by atoms with Crippen molar-refractivity contribution in [1.82, 2.24) is 4.72 Å². The summed E-state index contributed by atoms with van der Waals surface area (Å²) in [5, 5.41) is 0. The summed E-state index contributed by atoms with van der Waals surface area (Å²) < 4.78 is 57.2. The maximum absolute atomic E-state index is 13.6. The molecule has 0 saturated heterocycles. The topological polar surface area (TPSA) is 85.3 Å². The van der Waals surface area contributed by atoms with E-state index in [4.69, 9.17) is 10.2 Å². The van der Waals surface area contributed by atoms with Gasteiger partial charge in [0, 0.05) is 12.1 Å². The van der Waals surface area contributed by atoms with Gasteiger partial charge < -0.3 is 10.2 Å². The zero-order chi connectivity index (χ0) is 14.0. The van der Waals surface area contributed by atoms with Crippen molar-refractivity contribution >= 4 is 15.7 Å². The summed E-state index contributed by atoms with van der Waals surface area (Å²) in [6.07, 6.45) is 2.72. The summed E-state index contributed by atoms with van der Waals surface area (Å²) in [6.45, 7) is -0.0739. The van der Waals surface area contributed by atoms with Crippen molar-refractivity contribution in [2.75, 3.05) is 5.73 Å². The number of benzene rings is 1. The lowest BCUT2D eigenvalue weighted by Crippen LogP contribution is -2.24. The lowest BCUT2D eigenvalue weighted by molar-refractivity contribution is 0.546. The Morgan fingerprint density at radius 3 is 2.63 bits per heavy atom. The highest BCUT2D eigenvalue weighted by Gasteiger charge is 2.22. The first-order valence-corrected chi connectivity index (χ1v) is 6.64. The molecule has 3 N–H and O–H groups in total. The van der Waals surface area contributed by atoms with Gasteiger partial charge in [-0.1, -0.05) is 0 Å². The van der Waals surface area contributed by atoms with Gasteiger partial charge in [-0.15, -0.1) is 0 Å². The zero-order valence-corrected chi connectivity index (χ0v) is 10.4. The Morgan fingerprint density at radius 1 is 1.26 bits per heavy atom. The molecule has 0 aliphatic carbocycles. The van der Waals surface area contributed by atoms with Crippen LogP contribution in [0.1, 0.15) is 5.56 Å². The van der Waals surface area contributed by atoms with E-state index in [9.17, 15) is 17.2 Å². The van der Waals surface area contributed by atoms with E-state index < -0.39 is 32.2 Å². The first-order valence-electron chi connectivity index (χ1n) is 5.16. The second kappa shape index (κ2) is 4.98. The minimum Gasteiger partial charge on any atom is -0.472 e. The number of hydrogen-bond acceptors (Lipinski definition) is 4. The second-order valence-electron chi connectivity index (χ2n) is 3.73. The van der Waals surface area contributed by atoms with E-state index in [2.05, 4.69) is 4.72 Å². The van der Waals surface area contributed by atoms with Gasteiger partial charge in [0.05, 0.1) is 12.5 Å². The molecule has 0 aliphatic heterocycles. The molecule has 2 aromatic rings. The minimum atomic E-state index is -4.12. The molecule has 0 bridgehead atoms. The maximum atomic E-state index is 13.6. The van der Waals surface area contributed by atoms with Gasteiger partial charge in [0.25, 0.3) is 0 Å². The smallest absolute Gasteiger partial charge is 0.243 e. The molecule has 0 spiro atoms. The molecule has 0 atom stereocenters. The molecule has 0 fully saturated rings. The predicted octanol–water partition coefficient (Wildman–Crippen LogP) is 1.62. The molecule has 5 nitrogen and oxygen atoms in total. The Kier molecular flexibility index (Phi) is 3.54. The predicted molar refractivity (Wildman–Crippen MR) is 63.5 cm³/mol. The van der Waals surface area contributed by atoms with Crippen LogP contribution >= 0.6 is 0 Å². The van der Waals surface area contributed by atoms with Crippen LogP contribution in [0.25, 0.3) is 0 Å². The van der Waals surface area contributed by atoms with Crippen LogP contribution in [0.15, 0.2) is 40.0 Å². The first-order chi connectivity index (χ1) is 8.92. The van der Waals surface area contributed by atoms with E-state index in [1.165, 1.54) is 12.5 Å². The van der Waals surface area contributed by atoms with Crippen molar-refractivity contribution in [2.45, 2.75) is 11.4 Å². The number of halogens is 2. The largest absolute Gasteiger partial charge is 0.472 e. The van der Waals surface area contributed by atoms with Crippen molar-refractivity contribution in [3.63, 3.8) is 0 Å². The van der Waals surface area contributed by atoms with Gasteiger partial charge in [0.15, 0.2) is 5.82 Å². The van der Waals surface area contributed by atoms with Crippen molar-refractivity contribution in [3.05, 3.63) is 47.9 Å². The molecule has 102 valence electrons. The molecular formula is C11H10F2N2O3S. The van der Waals surface area contributed by atoms with Crippen LogP contribution < -0.4 is 10.5 Å². The number of anilines is 1. The van der Waals surface area contributed by atoms with E-state index in [0.717, 1.165) is 12.1 Å². The molecule has 19 heavy (non-hydrogen) atoms. The number of nitrogens with two attached hydrogens (primary N) is 1. The molecule has 1 aromatic carbocycles. The van der Waals surface area contributed by atoms with Gasteiger partial charge >= 0.3 is 0 Å². The van der Waals surface area contributed by atoms with E-state index >= 15 is 0 Å². The standard InChI is InChI=1S/C11H10F2N2O3S/c12-8-1-2-9(10(13)11(8)14)19(16,17)15-5-7-3-4-18-6-7/h1-4,6,15H,5,14H2. The third-order valence-electron chi connectivity index (χ3n) is 2.43. The lowest BCUT2D eigenvalue weighted by atomic mass is 10.3. The highest BCUT2D eigenvalue weighted by molar-refractivity contribution is 7.89. The monoisotopic (exact) mass is 288 g/mol. The number of hydrogen-bond donors (Lipinski definition) is 2. The Morgan fingerprint density at radius 2 is 2.00 bits per heavy atom. The minimum absolute atomic E-state index is 0.0739. The molecule has 0 amide bonds. The van der Waals surface area contributed by atoms with Gasteiger partial charge in [-0.2, -0.15) is 0 Å². The molecular weight excluding hydrogens is 278 g/mol. The molecule has 0 saturated carbocycles. The molecule has 0 aliphatic rings. The van der Waals surface area contributed by atoms with E-state index in [1.807, 2.05) is 0 Å². The van der Waals surface area contributed by atoms with Crippen molar-refractivity contribution in [3.8, 4) is 0 Å². The third kappa shape index (κ3) is 2.74. The number of nitrogen functional groups attached to an aromatic ring is 1. The Hall–Kier alpha value is -1.93. The molecule has 0 unspecified atom stereocenters. The number of rotatable bonds is 4. The maximum Gasteiger partial charge on any atom is 0.243 e. The Bertz CT molecular complexity index is 684. The Labute approximate surface area is 108 Å². The summed E-state index contributed by atoms with van der Waals surface area (Å²) >= 11 is 0. The number of furan rings is 1. The van der Waals surface area contributed by atoms with Crippen molar-refractivity contribution in [2.24, 2.45) is 0 Å². The van der Waals surface area contributed by atoms with Crippen LogP contribution in [-0.4, -0.2) is 8.42 Å². The first kappa shape index (κ1) is 13.5. The summed E-state index contributed by atoms with van der Waals surface area (Å²) in [7, 11) is -4.12. The van der Waals surface area contributed by atoms with Gasteiger partial charge in [0.1, 0.15) is 16.4 Å². The molecule has 2 rings (SSSR count). The normalized spacial score (nSPS) is 11.7. The summed E-state index contributed by atoms with van der Waals surface area (Å²) in [6, 6.07) is 3.17. The van der Waals surface area contributed by atoms with Gasteiger partial charge in [-0.05, 0) is 18.2 Å². The third-order valence-corrected chi connectivity index (χ3v) is 3.85. The average molecular weight is 288 g/mol. The van der Waals surface area contributed by atoms with Gasteiger partial charge in [0.2, 0.25) is 10.0 Å². The van der Waals surface area contributed by atoms with Gasteiger partial charge in [-0.3, -0.25) is 0 Å². The van der Waals surface area contributed by atoms with E-state index in [-0.39, 0.29) is 6.54 Å². The fourth-order valence-corrected chi connectivity index (χ4v) is 2.51.